The van der Waals surface area contributed by atoms with Crippen LogP contribution >= 0.6 is 0 Å². The highest BCUT2D eigenvalue weighted by atomic mass is 16.5. The predicted molar refractivity (Wildman–Crippen MR) is 68.8 cm³/mol. The van der Waals surface area contributed by atoms with Crippen LogP contribution in [0.5, 0.6) is 0 Å². The molecule has 2 rings (SSSR count). The molecule has 6 heteroatoms. The summed E-state index contributed by atoms with van der Waals surface area (Å²) < 4.78 is 4.66. The van der Waals surface area contributed by atoms with Crippen LogP contribution < -0.4 is 10.6 Å². The fraction of sp³-hybridized carbons (Fsp3) is 0.385. The number of aliphatic hydroxyl groups is 1. The van der Waals surface area contributed by atoms with Crippen LogP contribution in [0.2, 0.25) is 0 Å². The summed E-state index contributed by atoms with van der Waals surface area (Å²) in [6, 6.07) is 6.19. The third kappa shape index (κ3) is 3.10. The maximum absolute atomic E-state index is 12.0. The van der Waals surface area contributed by atoms with E-state index in [0.717, 1.165) is 0 Å². The van der Waals surface area contributed by atoms with E-state index in [-0.39, 0.29) is 5.91 Å². The topological polar surface area (TPSA) is 87.7 Å². The van der Waals surface area contributed by atoms with Gasteiger partial charge in [0.25, 0.3) is 0 Å². The van der Waals surface area contributed by atoms with Crippen molar-refractivity contribution in [3.8, 4) is 0 Å². The van der Waals surface area contributed by atoms with Crippen molar-refractivity contribution in [3.05, 3.63) is 29.8 Å². The summed E-state index contributed by atoms with van der Waals surface area (Å²) in [7, 11) is 1.29. The number of β-amino-alcohol motifs (C(OH)–C–C–N with tert-alkyl or cyclic N) is 1. The number of carbonyl (C=O) groups excluding carboxylic acids is 2. The molecule has 1 saturated heterocycles. The zero-order valence-electron chi connectivity index (χ0n) is 10.6. The monoisotopic (exact) mass is 264 g/mol. The number of nitrogens with one attached hydrogen (secondary N) is 2. The Hall–Kier alpha value is -1.92. The van der Waals surface area contributed by atoms with Crippen LogP contribution in [-0.4, -0.2) is 42.8 Å². The normalized spacial score (nSPS) is 22.0. The number of anilines is 1. The minimum Gasteiger partial charge on any atom is -0.465 e. The van der Waals surface area contributed by atoms with E-state index in [1.165, 1.54) is 7.11 Å². The Balaban J connectivity index is 2.10. The van der Waals surface area contributed by atoms with Gasteiger partial charge in [-0.1, -0.05) is 12.1 Å². The highest BCUT2D eigenvalue weighted by molar-refractivity contribution is 6.02. The van der Waals surface area contributed by atoms with Crippen LogP contribution in [0.25, 0.3) is 0 Å². The molecule has 2 atom stereocenters. The molecule has 0 radical (unpaired) electrons. The van der Waals surface area contributed by atoms with Crippen LogP contribution in [0, 0.1) is 0 Å². The minimum absolute atomic E-state index is 0.270. The number of ether oxygens (including phenoxy) is 1. The van der Waals surface area contributed by atoms with E-state index < -0.39 is 18.1 Å². The molecule has 1 fully saturated rings. The predicted octanol–water partition coefficient (Wildman–Crippen LogP) is 0.134. The summed E-state index contributed by atoms with van der Waals surface area (Å²) in [6.07, 6.45) is -0.140. The third-order valence-corrected chi connectivity index (χ3v) is 3.01. The zero-order chi connectivity index (χ0) is 13.8. The molecule has 0 bridgehead atoms. The molecule has 3 N–H and O–H groups in total. The van der Waals surface area contributed by atoms with Gasteiger partial charge in [-0.3, -0.25) is 4.79 Å². The number of aliphatic hydroxyl groups excluding tert-OH is 1. The van der Waals surface area contributed by atoms with E-state index >= 15 is 0 Å². The van der Waals surface area contributed by atoms with Gasteiger partial charge in [0.05, 0.1) is 30.5 Å². The van der Waals surface area contributed by atoms with E-state index in [1.54, 1.807) is 24.3 Å². The second kappa shape index (κ2) is 5.81. The molecular formula is C13H16N2O4. The molecule has 1 aliphatic rings. The second-order valence-electron chi connectivity index (χ2n) is 4.38. The van der Waals surface area contributed by atoms with Crippen LogP contribution in [0.1, 0.15) is 16.8 Å². The average Bonchev–Trinajstić information content (AvgIpc) is 2.85. The average molecular weight is 264 g/mol. The highest BCUT2D eigenvalue weighted by Gasteiger charge is 2.28. The van der Waals surface area contributed by atoms with Crippen molar-refractivity contribution < 1.29 is 19.4 Å². The van der Waals surface area contributed by atoms with Gasteiger partial charge in [0, 0.05) is 6.54 Å². The quantitative estimate of drug-likeness (QED) is 0.676. The lowest BCUT2D eigenvalue weighted by Gasteiger charge is -2.13. The van der Waals surface area contributed by atoms with Crippen LogP contribution in [-0.2, 0) is 9.53 Å². The SMILES string of the molecule is COC(=O)c1ccccc1NC(=O)C1CC(O)CN1. The molecule has 0 spiro atoms. The van der Waals surface area contributed by atoms with Crippen LogP contribution in [0.15, 0.2) is 24.3 Å². The lowest BCUT2D eigenvalue weighted by molar-refractivity contribution is -0.117. The van der Waals surface area contributed by atoms with Crippen LogP contribution in [0.4, 0.5) is 5.69 Å². The van der Waals surface area contributed by atoms with Gasteiger partial charge >= 0.3 is 5.97 Å². The van der Waals surface area contributed by atoms with Gasteiger partial charge in [-0.05, 0) is 18.6 Å². The maximum atomic E-state index is 12.0. The number of methoxy groups -OCH3 is 1. The lowest BCUT2D eigenvalue weighted by Crippen LogP contribution is -2.35. The fourth-order valence-electron chi connectivity index (χ4n) is 2.02. The number of amides is 1. The maximum Gasteiger partial charge on any atom is 0.339 e. The number of hydrogen-bond acceptors (Lipinski definition) is 5. The van der Waals surface area contributed by atoms with Crippen molar-refractivity contribution in [3.63, 3.8) is 0 Å². The summed E-state index contributed by atoms with van der Waals surface area (Å²) in [4.78, 5) is 23.5. The first-order chi connectivity index (χ1) is 9.11. The van der Waals surface area contributed by atoms with Gasteiger partial charge in [-0.2, -0.15) is 0 Å². The van der Waals surface area contributed by atoms with Gasteiger partial charge in [0.1, 0.15) is 0 Å². The van der Waals surface area contributed by atoms with Crippen molar-refractivity contribution in [2.24, 2.45) is 0 Å². The molecule has 1 heterocycles. The van der Waals surface area contributed by atoms with E-state index in [2.05, 4.69) is 15.4 Å². The Morgan fingerprint density at radius 2 is 2.16 bits per heavy atom. The molecule has 2 unspecified atom stereocenters. The van der Waals surface area contributed by atoms with Crippen molar-refractivity contribution in [2.45, 2.75) is 18.6 Å². The molecule has 1 aromatic rings. The minimum atomic E-state index is -0.508. The van der Waals surface area contributed by atoms with Crippen molar-refractivity contribution >= 4 is 17.6 Å². The lowest BCUT2D eigenvalue weighted by atomic mass is 10.1. The van der Waals surface area contributed by atoms with E-state index in [4.69, 9.17) is 0 Å². The summed E-state index contributed by atoms with van der Waals surface area (Å²) in [5.74, 6) is -0.775. The Kier molecular flexibility index (Phi) is 4.13. The van der Waals surface area contributed by atoms with Gasteiger partial charge < -0.3 is 20.5 Å². The van der Waals surface area contributed by atoms with Crippen molar-refractivity contribution in [1.29, 1.82) is 0 Å². The second-order valence-corrected chi connectivity index (χ2v) is 4.38. The summed E-state index contributed by atoms with van der Waals surface area (Å²) in [6.45, 7) is 0.400. The Bertz CT molecular complexity index is 489. The standard InChI is InChI=1S/C13H16N2O4/c1-19-13(18)9-4-2-3-5-10(9)15-12(17)11-6-8(16)7-14-11/h2-5,8,11,14,16H,6-7H2,1H3,(H,15,17). The Morgan fingerprint density at radius 3 is 2.79 bits per heavy atom. The molecule has 0 aliphatic carbocycles. The summed E-state index contributed by atoms with van der Waals surface area (Å²) in [5.41, 5.74) is 0.708. The molecule has 1 aliphatic heterocycles. The van der Waals surface area contributed by atoms with E-state index in [0.29, 0.717) is 24.2 Å². The number of rotatable bonds is 3. The highest BCUT2D eigenvalue weighted by Crippen LogP contribution is 2.17. The Morgan fingerprint density at radius 1 is 1.42 bits per heavy atom. The molecule has 1 aromatic carbocycles. The molecule has 102 valence electrons. The first-order valence-corrected chi connectivity index (χ1v) is 6.01. The van der Waals surface area contributed by atoms with Gasteiger partial charge in [0.15, 0.2) is 0 Å². The third-order valence-electron chi connectivity index (χ3n) is 3.01. The first kappa shape index (κ1) is 13.5. The van der Waals surface area contributed by atoms with Crippen molar-refractivity contribution in [1.82, 2.24) is 5.32 Å². The van der Waals surface area contributed by atoms with Crippen LogP contribution in [0.3, 0.4) is 0 Å². The first-order valence-electron chi connectivity index (χ1n) is 6.01. The molecule has 0 aromatic heterocycles. The summed E-state index contributed by atoms with van der Waals surface area (Å²) >= 11 is 0. The molecule has 19 heavy (non-hydrogen) atoms. The summed E-state index contributed by atoms with van der Waals surface area (Å²) in [5, 5.41) is 15.0. The largest absolute Gasteiger partial charge is 0.465 e. The molecule has 1 amide bonds. The Labute approximate surface area is 110 Å². The van der Waals surface area contributed by atoms with Gasteiger partial charge in [-0.15, -0.1) is 0 Å². The molecular weight excluding hydrogens is 248 g/mol. The smallest absolute Gasteiger partial charge is 0.339 e. The fourth-order valence-corrected chi connectivity index (χ4v) is 2.02. The zero-order valence-corrected chi connectivity index (χ0v) is 10.6. The van der Waals surface area contributed by atoms with E-state index in [1.807, 2.05) is 0 Å². The van der Waals surface area contributed by atoms with Gasteiger partial charge in [-0.25, -0.2) is 4.79 Å². The van der Waals surface area contributed by atoms with Gasteiger partial charge in [0.2, 0.25) is 5.91 Å². The number of carbonyl (C=O) groups is 2. The number of esters is 1. The number of hydrogen-bond donors (Lipinski definition) is 3. The molecule has 6 nitrogen and oxygen atoms in total. The van der Waals surface area contributed by atoms with Crippen molar-refractivity contribution in [2.75, 3.05) is 19.0 Å². The number of benzene rings is 1. The van der Waals surface area contributed by atoms with E-state index in [9.17, 15) is 14.7 Å². The molecule has 0 saturated carbocycles. The number of para-hydroxylation sites is 1.